The molecule has 0 radical (unpaired) electrons. The van der Waals surface area contributed by atoms with Gasteiger partial charge in [0, 0.05) is 18.2 Å². The largest absolute Gasteiger partial charge is 0.493 e. The lowest BCUT2D eigenvalue weighted by atomic mass is 9.97. The minimum Gasteiger partial charge on any atom is -0.493 e. The van der Waals surface area contributed by atoms with Crippen LogP contribution in [-0.4, -0.2) is 24.9 Å². The van der Waals surface area contributed by atoms with Crippen molar-refractivity contribution < 1.29 is 9.84 Å². The molecule has 21 heavy (non-hydrogen) atoms. The molecule has 0 saturated heterocycles. The molecule has 0 aromatic heterocycles. The Morgan fingerprint density at radius 2 is 2.24 bits per heavy atom. The fourth-order valence-electron chi connectivity index (χ4n) is 3.14. The Bertz CT molecular complexity index is 427. The average Bonchev–Trinajstić information content (AvgIpc) is 2.67. The Morgan fingerprint density at radius 1 is 1.38 bits per heavy atom. The van der Waals surface area contributed by atoms with Gasteiger partial charge in [0.1, 0.15) is 5.75 Å². The van der Waals surface area contributed by atoms with Crippen LogP contribution in [0.25, 0.3) is 0 Å². The Hall–Kier alpha value is -1.06. The van der Waals surface area contributed by atoms with Crippen molar-refractivity contribution >= 4 is 0 Å². The summed E-state index contributed by atoms with van der Waals surface area (Å²) in [5, 5.41) is 12.9. The number of aliphatic hydroxyl groups is 1. The van der Waals surface area contributed by atoms with Gasteiger partial charge in [-0.3, -0.25) is 0 Å². The second-order valence-corrected chi connectivity index (χ2v) is 6.16. The van der Waals surface area contributed by atoms with Crippen molar-refractivity contribution in [1.29, 1.82) is 0 Å². The van der Waals surface area contributed by atoms with Crippen molar-refractivity contribution in [3.8, 4) is 5.75 Å². The third-order valence-electron chi connectivity index (χ3n) is 4.33. The van der Waals surface area contributed by atoms with Crippen LogP contribution in [0.1, 0.15) is 56.2 Å². The van der Waals surface area contributed by atoms with Gasteiger partial charge in [0.2, 0.25) is 0 Å². The molecule has 0 amide bonds. The van der Waals surface area contributed by atoms with E-state index in [1.165, 1.54) is 24.0 Å². The second kappa shape index (κ2) is 8.40. The van der Waals surface area contributed by atoms with E-state index < -0.39 is 0 Å². The molecule has 3 nitrogen and oxygen atoms in total. The zero-order valence-electron chi connectivity index (χ0n) is 13.4. The first-order valence-corrected chi connectivity index (χ1v) is 8.32. The summed E-state index contributed by atoms with van der Waals surface area (Å²) in [6, 6.07) is 6.89. The van der Waals surface area contributed by atoms with Crippen LogP contribution in [-0.2, 0) is 0 Å². The van der Waals surface area contributed by atoms with Crippen molar-refractivity contribution in [3.63, 3.8) is 0 Å². The van der Waals surface area contributed by atoms with E-state index in [2.05, 4.69) is 37.4 Å². The van der Waals surface area contributed by atoms with Gasteiger partial charge in [0.05, 0.1) is 6.61 Å². The van der Waals surface area contributed by atoms with E-state index in [4.69, 9.17) is 4.74 Å². The minimum atomic E-state index is 0.288. The molecule has 1 aliphatic rings. The van der Waals surface area contributed by atoms with E-state index in [-0.39, 0.29) is 6.61 Å². The lowest BCUT2D eigenvalue weighted by Crippen LogP contribution is -2.28. The van der Waals surface area contributed by atoms with Crippen LogP contribution >= 0.6 is 0 Å². The number of benzene rings is 1. The van der Waals surface area contributed by atoms with Gasteiger partial charge in [0.25, 0.3) is 0 Å². The van der Waals surface area contributed by atoms with Gasteiger partial charge in [-0.1, -0.05) is 25.5 Å². The SMILES string of the molecule is CCCC(CCO)CNC1CCCOc2cc(C)ccc21. The average molecular weight is 291 g/mol. The molecule has 2 rings (SSSR count). The summed E-state index contributed by atoms with van der Waals surface area (Å²) in [5.41, 5.74) is 2.54. The molecule has 0 aliphatic carbocycles. The smallest absolute Gasteiger partial charge is 0.124 e. The van der Waals surface area contributed by atoms with Crippen LogP contribution in [0.15, 0.2) is 18.2 Å². The molecule has 0 bridgehead atoms. The number of aryl methyl sites for hydroxylation is 1. The summed E-state index contributed by atoms with van der Waals surface area (Å²) in [6.07, 6.45) is 5.45. The standard InChI is InChI=1S/C18H29NO2/c1-3-5-15(9-10-20)13-19-17-6-4-11-21-18-12-14(2)7-8-16(17)18/h7-8,12,15,17,19-20H,3-6,9-11,13H2,1-2H3. The zero-order valence-corrected chi connectivity index (χ0v) is 13.4. The maximum absolute atomic E-state index is 9.19. The first kappa shape index (κ1) is 16.3. The summed E-state index contributed by atoms with van der Waals surface area (Å²) in [6.45, 7) is 6.39. The molecular weight excluding hydrogens is 262 g/mol. The zero-order chi connectivity index (χ0) is 15.1. The highest BCUT2D eigenvalue weighted by Crippen LogP contribution is 2.32. The first-order valence-electron chi connectivity index (χ1n) is 8.32. The van der Waals surface area contributed by atoms with Gasteiger partial charge in [-0.15, -0.1) is 0 Å². The summed E-state index contributed by atoms with van der Waals surface area (Å²) in [5.74, 6) is 1.61. The number of hydrogen-bond donors (Lipinski definition) is 2. The molecular formula is C18H29NO2. The number of rotatable bonds is 7. The van der Waals surface area contributed by atoms with Crippen LogP contribution in [0.5, 0.6) is 5.75 Å². The van der Waals surface area contributed by atoms with Crippen molar-refractivity contribution in [2.24, 2.45) is 5.92 Å². The minimum absolute atomic E-state index is 0.288. The highest BCUT2D eigenvalue weighted by molar-refractivity contribution is 5.39. The third kappa shape index (κ3) is 4.72. The van der Waals surface area contributed by atoms with Gasteiger partial charge in [-0.05, 0) is 56.7 Å². The summed E-state index contributed by atoms with van der Waals surface area (Å²) in [4.78, 5) is 0. The van der Waals surface area contributed by atoms with Gasteiger partial charge >= 0.3 is 0 Å². The lowest BCUT2D eigenvalue weighted by Gasteiger charge is -2.22. The Morgan fingerprint density at radius 3 is 3.00 bits per heavy atom. The third-order valence-corrected chi connectivity index (χ3v) is 4.33. The normalized spacial score (nSPS) is 19.5. The molecule has 3 heteroatoms. The molecule has 118 valence electrons. The van der Waals surface area contributed by atoms with E-state index in [1.54, 1.807) is 0 Å². The fourth-order valence-corrected chi connectivity index (χ4v) is 3.14. The molecule has 0 spiro atoms. The second-order valence-electron chi connectivity index (χ2n) is 6.16. The van der Waals surface area contributed by atoms with Crippen molar-refractivity contribution in [3.05, 3.63) is 29.3 Å². The quantitative estimate of drug-likeness (QED) is 0.806. The van der Waals surface area contributed by atoms with Gasteiger partial charge in [-0.25, -0.2) is 0 Å². The highest BCUT2D eigenvalue weighted by Gasteiger charge is 2.20. The van der Waals surface area contributed by atoms with Gasteiger partial charge < -0.3 is 15.2 Å². The van der Waals surface area contributed by atoms with Crippen LogP contribution in [0.4, 0.5) is 0 Å². The summed E-state index contributed by atoms with van der Waals surface area (Å²) in [7, 11) is 0. The first-order chi connectivity index (χ1) is 10.2. The van der Waals surface area contributed by atoms with Crippen molar-refractivity contribution in [2.45, 2.75) is 52.0 Å². The van der Waals surface area contributed by atoms with Crippen LogP contribution in [0.2, 0.25) is 0 Å². The number of nitrogens with one attached hydrogen (secondary N) is 1. The summed E-state index contributed by atoms with van der Waals surface area (Å²) < 4.78 is 5.88. The van der Waals surface area contributed by atoms with E-state index in [1.807, 2.05) is 0 Å². The number of fused-ring (bicyclic) bond motifs is 1. The predicted octanol–water partition coefficient (Wildman–Crippen LogP) is 3.60. The maximum atomic E-state index is 9.19. The molecule has 2 atom stereocenters. The Labute approximate surface area is 128 Å². The topological polar surface area (TPSA) is 41.5 Å². The fraction of sp³-hybridized carbons (Fsp3) is 0.667. The van der Waals surface area contributed by atoms with Crippen LogP contribution in [0.3, 0.4) is 0 Å². The molecule has 2 unspecified atom stereocenters. The van der Waals surface area contributed by atoms with Crippen LogP contribution < -0.4 is 10.1 Å². The molecule has 0 fully saturated rings. The molecule has 1 aromatic carbocycles. The monoisotopic (exact) mass is 291 g/mol. The summed E-state index contributed by atoms with van der Waals surface area (Å²) >= 11 is 0. The molecule has 0 saturated carbocycles. The Kier molecular flexibility index (Phi) is 6.52. The Balaban J connectivity index is 2.02. The lowest BCUT2D eigenvalue weighted by molar-refractivity contribution is 0.244. The van der Waals surface area contributed by atoms with E-state index in [0.29, 0.717) is 12.0 Å². The van der Waals surface area contributed by atoms with Crippen LogP contribution in [0, 0.1) is 12.8 Å². The van der Waals surface area contributed by atoms with Gasteiger partial charge in [0.15, 0.2) is 0 Å². The van der Waals surface area contributed by atoms with E-state index in [0.717, 1.165) is 38.2 Å². The van der Waals surface area contributed by atoms with Gasteiger partial charge in [-0.2, -0.15) is 0 Å². The van der Waals surface area contributed by atoms with E-state index >= 15 is 0 Å². The molecule has 1 heterocycles. The van der Waals surface area contributed by atoms with E-state index in [9.17, 15) is 5.11 Å². The number of ether oxygens (including phenoxy) is 1. The predicted molar refractivity (Wildman–Crippen MR) is 86.8 cm³/mol. The number of aliphatic hydroxyl groups excluding tert-OH is 1. The molecule has 1 aliphatic heterocycles. The molecule has 1 aromatic rings. The van der Waals surface area contributed by atoms with Crippen molar-refractivity contribution in [2.75, 3.05) is 19.8 Å². The molecule has 2 N–H and O–H groups in total. The maximum Gasteiger partial charge on any atom is 0.124 e. The van der Waals surface area contributed by atoms with Crippen molar-refractivity contribution in [1.82, 2.24) is 5.32 Å². The number of hydrogen-bond acceptors (Lipinski definition) is 3. The highest BCUT2D eigenvalue weighted by atomic mass is 16.5.